The van der Waals surface area contributed by atoms with Gasteiger partial charge in [0.05, 0.1) is 19.2 Å². The maximum atomic E-state index is 12.4. The first-order valence-corrected chi connectivity index (χ1v) is 6.46. The molecule has 110 valence electrons. The summed E-state index contributed by atoms with van der Waals surface area (Å²) in [5.74, 6) is -0.537. The first kappa shape index (κ1) is 14.8. The number of hydrogen-bond acceptors (Lipinski definition) is 4. The van der Waals surface area contributed by atoms with E-state index in [9.17, 15) is 9.59 Å². The molecule has 0 unspecified atom stereocenters. The third-order valence-electron chi connectivity index (χ3n) is 2.82. The number of nitrogens with zero attached hydrogens (tertiary/aromatic N) is 2. The Hall–Kier alpha value is -2.60. The van der Waals surface area contributed by atoms with Crippen molar-refractivity contribution in [1.82, 2.24) is 9.63 Å². The van der Waals surface area contributed by atoms with Crippen molar-refractivity contribution in [3.8, 4) is 0 Å². The number of hydroxylamine groups is 2. The second-order valence-corrected chi connectivity index (χ2v) is 4.10. The zero-order valence-corrected chi connectivity index (χ0v) is 11.9. The van der Waals surface area contributed by atoms with E-state index in [1.165, 1.54) is 17.9 Å². The predicted octanol–water partition coefficient (Wildman–Crippen LogP) is 2.55. The lowest BCUT2D eigenvalue weighted by atomic mass is 10.2. The number of carbonyl (C=O) groups excluding carboxylic acids is 2. The fraction of sp³-hybridized carbons (Fsp3) is 0.200. The highest BCUT2D eigenvalue weighted by molar-refractivity contribution is 5.92. The fourth-order valence-corrected chi connectivity index (χ4v) is 1.88. The molecule has 0 aliphatic carbocycles. The number of carbonyl (C=O) groups is 2. The zero-order chi connectivity index (χ0) is 15.2. The summed E-state index contributed by atoms with van der Waals surface area (Å²) < 4.78 is 6.19. The van der Waals surface area contributed by atoms with Gasteiger partial charge in [-0.1, -0.05) is 18.2 Å². The summed E-state index contributed by atoms with van der Waals surface area (Å²) in [6, 6.07) is 8.87. The minimum Gasteiger partial charge on any atom is -0.463 e. The van der Waals surface area contributed by atoms with Gasteiger partial charge in [0.25, 0.3) is 0 Å². The molecule has 0 bridgehead atoms. The monoisotopic (exact) mass is 288 g/mol. The number of benzene rings is 1. The second kappa shape index (κ2) is 6.71. The van der Waals surface area contributed by atoms with Gasteiger partial charge in [-0.15, -0.1) is 0 Å². The molecule has 2 rings (SSSR count). The molecule has 6 heteroatoms. The molecule has 21 heavy (non-hydrogen) atoms. The molecule has 0 aliphatic rings. The molecule has 1 aromatic carbocycles. The Morgan fingerprint density at radius 1 is 1.29 bits per heavy atom. The van der Waals surface area contributed by atoms with Crippen LogP contribution >= 0.6 is 0 Å². The van der Waals surface area contributed by atoms with Crippen LogP contribution in [-0.2, 0) is 14.4 Å². The maximum Gasteiger partial charge on any atom is 0.356 e. The minimum atomic E-state index is -0.537. The molecule has 0 aliphatic heterocycles. The number of para-hydroxylation sites is 1. The van der Waals surface area contributed by atoms with E-state index in [2.05, 4.69) is 0 Å². The molecule has 0 radical (unpaired) electrons. The number of fused-ring (bicyclic) bond motifs is 1. The van der Waals surface area contributed by atoms with E-state index >= 15 is 0 Å². The second-order valence-electron chi connectivity index (χ2n) is 4.10. The van der Waals surface area contributed by atoms with Crippen LogP contribution in [0.3, 0.4) is 0 Å². The highest BCUT2D eigenvalue weighted by Gasteiger charge is 2.15. The van der Waals surface area contributed by atoms with Crippen LogP contribution in [0.25, 0.3) is 10.9 Å². The van der Waals surface area contributed by atoms with Gasteiger partial charge in [-0.05, 0) is 19.1 Å². The molecule has 0 saturated heterocycles. The molecule has 0 fully saturated rings. The average Bonchev–Trinajstić information content (AvgIpc) is 2.92. The predicted molar refractivity (Wildman–Crippen MR) is 77.4 cm³/mol. The van der Waals surface area contributed by atoms with Gasteiger partial charge in [-0.3, -0.25) is 9.40 Å². The third-order valence-corrected chi connectivity index (χ3v) is 2.82. The molecular weight excluding hydrogens is 272 g/mol. The third kappa shape index (κ3) is 3.29. The lowest BCUT2D eigenvalue weighted by Crippen LogP contribution is -2.29. The first-order valence-electron chi connectivity index (χ1n) is 6.46. The first-order chi connectivity index (χ1) is 10.2. The number of rotatable bonds is 4. The Bertz CT molecular complexity index is 675. The highest BCUT2D eigenvalue weighted by Crippen LogP contribution is 2.16. The van der Waals surface area contributed by atoms with Crippen LogP contribution in [0.4, 0.5) is 4.79 Å². The maximum absolute atomic E-state index is 12.4. The van der Waals surface area contributed by atoms with Crippen molar-refractivity contribution in [3.05, 3.63) is 48.8 Å². The lowest BCUT2D eigenvalue weighted by Gasteiger charge is -2.15. The van der Waals surface area contributed by atoms with Gasteiger partial charge in [-0.2, -0.15) is 5.06 Å². The average molecular weight is 288 g/mol. The molecular formula is C15H16N2O4. The Labute approximate surface area is 122 Å². The summed E-state index contributed by atoms with van der Waals surface area (Å²) in [6.07, 6.45) is 4.02. The molecule has 2 aromatic rings. The number of hydrogen-bond donors (Lipinski definition) is 0. The Balaban J connectivity index is 2.22. The van der Waals surface area contributed by atoms with Crippen molar-refractivity contribution in [2.75, 3.05) is 13.7 Å². The molecule has 1 heterocycles. The van der Waals surface area contributed by atoms with Gasteiger partial charge < -0.3 is 4.74 Å². The van der Waals surface area contributed by atoms with Crippen molar-refractivity contribution < 1.29 is 19.2 Å². The molecule has 0 atom stereocenters. The molecule has 0 spiro atoms. The topological polar surface area (TPSA) is 60.8 Å². The van der Waals surface area contributed by atoms with Crippen LogP contribution < -0.4 is 0 Å². The summed E-state index contributed by atoms with van der Waals surface area (Å²) in [4.78, 5) is 28.6. The molecule has 1 amide bonds. The zero-order valence-electron chi connectivity index (χ0n) is 11.9. The van der Waals surface area contributed by atoms with Gasteiger partial charge >= 0.3 is 12.0 Å². The molecule has 0 N–H and O–H groups in total. The molecule has 0 saturated carbocycles. The molecule has 6 nitrogen and oxygen atoms in total. The molecule has 1 aromatic heterocycles. The van der Waals surface area contributed by atoms with Gasteiger partial charge in [0.15, 0.2) is 0 Å². The SMILES string of the molecule is CCOC(=O)/C=C/N(OC)C(=O)n1ccc2ccccc21. The van der Waals surface area contributed by atoms with Crippen LogP contribution in [0.15, 0.2) is 48.8 Å². The summed E-state index contributed by atoms with van der Waals surface area (Å²) >= 11 is 0. The van der Waals surface area contributed by atoms with Crippen molar-refractivity contribution in [3.63, 3.8) is 0 Å². The van der Waals surface area contributed by atoms with Crippen molar-refractivity contribution in [2.45, 2.75) is 6.92 Å². The van der Waals surface area contributed by atoms with Gasteiger partial charge in [0.1, 0.15) is 0 Å². The van der Waals surface area contributed by atoms with Crippen LogP contribution in [0.1, 0.15) is 6.92 Å². The normalized spacial score (nSPS) is 11.0. The van der Waals surface area contributed by atoms with Gasteiger partial charge in [0.2, 0.25) is 0 Å². The van der Waals surface area contributed by atoms with Crippen LogP contribution in [0, 0.1) is 0 Å². The van der Waals surface area contributed by atoms with Gasteiger partial charge in [-0.25, -0.2) is 9.59 Å². The summed E-state index contributed by atoms with van der Waals surface area (Å²) in [5, 5.41) is 1.90. The quantitative estimate of drug-likeness (QED) is 0.493. The Kier molecular flexibility index (Phi) is 4.73. The highest BCUT2D eigenvalue weighted by atomic mass is 16.7. The Morgan fingerprint density at radius 2 is 2.05 bits per heavy atom. The fourth-order valence-electron chi connectivity index (χ4n) is 1.88. The van der Waals surface area contributed by atoms with Crippen molar-refractivity contribution in [2.24, 2.45) is 0 Å². The van der Waals surface area contributed by atoms with E-state index in [0.717, 1.165) is 22.0 Å². The van der Waals surface area contributed by atoms with E-state index in [4.69, 9.17) is 9.57 Å². The van der Waals surface area contributed by atoms with E-state index < -0.39 is 12.0 Å². The number of amides is 1. The summed E-state index contributed by atoms with van der Waals surface area (Å²) in [5.41, 5.74) is 0.758. The van der Waals surface area contributed by atoms with Gasteiger partial charge in [0, 0.05) is 23.9 Å². The van der Waals surface area contributed by atoms with E-state index in [-0.39, 0.29) is 6.61 Å². The summed E-state index contributed by atoms with van der Waals surface area (Å²) in [7, 11) is 1.35. The van der Waals surface area contributed by atoms with E-state index in [1.54, 1.807) is 13.1 Å². The van der Waals surface area contributed by atoms with E-state index in [0.29, 0.717) is 0 Å². The largest absolute Gasteiger partial charge is 0.463 e. The minimum absolute atomic E-state index is 0.270. The van der Waals surface area contributed by atoms with E-state index in [1.807, 2.05) is 30.3 Å². The van der Waals surface area contributed by atoms with Crippen LogP contribution in [-0.4, -0.2) is 35.3 Å². The van der Waals surface area contributed by atoms with Crippen molar-refractivity contribution >= 4 is 22.9 Å². The Morgan fingerprint density at radius 3 is 2.76 bits per heavy atom. The van der Waals surface area contributed by atoms with Crippen LogP contribution in [0.5, 0.6) is 0 Å². The van der Waals surface area contributed by atoms with Crippen LogP contribution in [0.2, 0.25) is 0 Å². The summed E-state index contributed by atoms with van der Waals surface area (Å²) in [6.45, 7) is 1.98. The number of ether oxygens (including phenoxy) is 1. The standard InChI is InChI=1S/C15H16N2O4/c1-3-21-14(18)9-11-17(20-2)15(19)16-10-8-12-6-4-5-7-13(12)16/h4-11H,3H2,1-2H3/b11-9+. The lowest BCUT2D eigenvalue weighted by molar-refractivity contribution is -0.137. The van der Waals surface area contributed by atoms with Crippen molar-refractivity contribution in [1.29, 1.82) is 0 Å². The number of esters is 1. The smallest absolute Gasteiger partial charge is 0.356 e. The number of aromatic nitrogens is 1.